The number of ether oxygens (including phenoxy) is 1. The molecule has 1 amide bonds. The molecule has 0 aliphatic carbocycles. The minimum absolute atomic E-state index is 0.159. The molecule has 5 nitrogen and oxygen atoms in total. The number of halogens is 3. The summed E-state index contributed by atoms with van der Waals surface area (Å²) in [5.74, 6) is -0.343. The zero-order chi connectivity index (χ0) is 20.3. The van der Waals surface area contributed by atoms with Crippen molar-refractivity contribution in [2.75, 3.05) is 37.7 Å². The molecule has 2 heterocycles. The number of nitrogens with zero attached hydrogens (tertiary/aromatic N) is 3. The molecule has 0 bridgehead atoms. The van der Waals surface area contributed by atoms with Crippen LogP contribution in [0, 0.1) is 13.8 Å². The Hall–Kier alpha value is -2.77. The van der Waals surface area contributed by atoms with Crippen LogP contribution in [0.2, 0.25) is 0 Å². The highest BCUT2D eigenvalue weighted by molar-refractivity contribution is 5.94. The summed E-state index contributed by atoms with van der Waals surface area (Å²) in [5, 5.41) is 0. The molecule has 8 heteroatoms. The summed E-state index contributed by atoms with van der Waals surface area (Å²) in [6.07, 6.45) is -3.17. The molecule has 0 spiro atoms. The SMILES string of the molecule is Cc1cccc(N2CCN(C(=O)c3ccc(OCC(F)(F)F)nc3)CC2)c1C. The van der Waals surface area contributed by atoms with Gasteiger partial charge in [0.2, 0.25) is 5.88 Å². The predicted molar refractivity (Wildman–Crippen MR) is 99.8 cm³/mol. The standard InChI is InChI=1S/C20H22F3N3O2/c1-14-4-3-5-17(15(14)2)25-8-10-26(11-9-25)19(27)16-6-7-18(24-12-16)28-13-20(21,22)23/h3-7,12H,8-11,13H2,1-2H3. The summed E-state index contributed by atoms with van der Waals surface area (Å²) in [6.45, 7) is 5.33. The van der Waals surface area contributed by atoms with Crippen molar-refractivity contribution >= 4 is 11.6 Å². The largest absolute Gasteiger partial charge is 0.468 e. The Bertz CT molecular complexity index is 830. The minimum Gasteiger partial charge on any atom is -0.468 e. The summed E-state index contributed by atoms with van der Waals surface area (Å²) >= 11 is 0. The third kappa shape index (κ3) is 4.74. The van der Waals surface area contributed by atoms with Crippen LogP contribution >= 0.6 is 0 Å². The number of benzene rings is 1. The molecule has 0 unspecified atom stereocenters. The van der Waals surface area contributed by atoms with E-state index in [0.29, 0.717) is 18.7 Å². The summed E-state index contributed by atoms with van der Waals surface area (Å²) in [4.78, 5) is 20.4. The topological polar surface area (TPSA) is 45.7 Å². The van der Waals surface area contributed by atoms with Gasteiger partial charge in [-0.2, -0.15) is 13.2 Å². The maximum atomic E-state index is 12.6. The van der Waals surface area contributed by atoms with E-state index in [1.165, 1.54) is 35.1 Å². The quantitative estimate of drug-likeness (QED) is 0.796. The van der Waals surface area contributed by atoms with Crippen LogP contribution in [0.1, 0.15) is 21.5 Å². The summed E-state index contributed by atoms with van der Waals surface area (Å²) in [6, 6.07) is 8.92. The van der Waals surface area contributed by atoms with Crippen LogP contribution in [0.15, 0.2) is 36.5 Å². The minimum atomic E-state index is -4.43. The van der Waals surface area contributed by atoms with Crippen molar-refractivity contribution in [3.05, 3.63) is 53.2 Å². The fourth-order valence-corrected chi connectivity index (χ4v) is 3.16. The van der Waals surface area contributed by atoms with Gasteiger partial charge in [0.05, 0.1) is 5.56 Å². The second-order valence-electron chi connectivity index (χ2n) is 6.79. The number of amides is 1. The molecule has 150 valence electrons. The molecule has 28 heavy (non-hydrogen) atoms. The van der Waals surface area contributed by atoms with Gasteiger partial charge in [-0.1, -0.05) is 12.1 Å². The van der Waals surface area contributed by atoms with Crippen LogP contribution < -0.4 is 9.64 Å². The van der Waals surface area contributed by atoms with E-state index in [1.54, 1.807) is 4.90 Å². The Morgan fingerprint density at radius 1 is 1.11 bits per heavy atom. The number of carbonyl (C=O) groups excluding carboxylic acids is 1. The van der Waals surface area contributed by atoms with E-state index >= 15 is 0 Å². The lowest BCUT2D eigenvalue weighted by molar-refractivity contribution is -0.154. The lowest BCUT2D eigenvalue weighted by Crippen LogP contribution is -2.49. The molecule has 1 aliphatic heterocycles. The molecular formula is C20H22F3N3O2. The fourth-order valence-electron chi connectivity index (χ4n) is 3.16. The highest BCUT2D eigenvalue weighted by Gasteiger charge is 2.29. The first-order chi connectivity index (χ1) is 13.2. The predicted octanol–water partition coefficient (Wildman–Crippen LogP) is 3.60. The third-order valence-electron chi connectivity index (χ3n) is 4.85. The number of piperazine rings is 1. The van der Waals surface area contributed by atoms with Crippen molar-refractivity contribution < 1.29 is 22.7 Å². The van der Waals surface area contributed by atoms with E-state index in [0.717, 1.165) is 13.1 Å². The number of pyridine rings is 1. The Morgan fingerprint density at radius 2 is 1.82 bits per heavy atom. The van der Waals surface area contributed by atoms with Crippen LogP contribution in [-0.4, -0.2) is 54.8 Å². The number of hydrogen-bond acceptors (Lipinski definition) is 4. The Labute approximate surface area is 161 Å². The van der Waals surface area contributed by atoms with E-state index in [4.69, 9.17) is 0 Å². The van der Waals surface area contributed by atoms with Crippen molar-refractivity contribution in [1.82, 2.24) is 9.88 Å². The van der Waals surface area contributed by atoms with Crippen molar-refractivity contribution in [2.24, 2.45) is 0 Å². The van der Waals surface area contributed by atoms with Gasteiger partial charge < -0.3 is 14.5 Å². The number of aryl methyl sites for hydroxylation is 1. The highest BCUT2D eigenvalue weighted by Crippen LogP contribution is 2.24. The van der Waals surface area contributed by atoms with E-state index in [1.807, 2.05) is 6.07 Å². The first-order valence-corrected chi connectivity index (χ1v) is 9.00. The third-order valence-corrected chi connectivity index (χ3v) is 4.85. The first-order valence-electron chi connectivity index (χ1n) is 9.00. The second-order valence-corrected chi connectivity index (χ2v) is 6.79. The van der Waals surface area contributed by atoms with Gasteiger partial charge in [-0.05, 0) is 37.1 Å². The van der Waals surface area contributed by atoms with Gasteiger partial charge in [-0.3, -0.25) is 4.79 Å². The van der Waals surface area contributed by atoms with Gasteiger partial charge in [-0.15, -0.1) is 0 Å². The Balaban J connectivity index is 1.58. The fraction of sp³-hybridized carbons (Fsp3) is 0.400. The van der Waals surface area contributed by atoms with Crippen LogP contribution in [0.4, 0.5) is 18.9 Å². The van der Waals surface area contributed by atoms with E-state index < -0.39 is 12.8 Å². The molecule has 1 saturated heterocycles. The number of hydrogen-bond donors (Lipinski definition) is 0. The van der Waals surface area contributed by atoms with Crippen molar-refractivity contribution in [1.29, 1.82) is 0 Å². The number of aromatic nitrogens is 1. The molecule has 1 aromatic carbocycles. The van der Waals surface area contributed by atoms with Gasteiger partial charge in [0.1, 0.15) is 0 Å². The molecular weight excluding hydrogens is 371 g/mol. The van der Waals surface area contributed by atoms with Crippen molar-refractivity contribution in [3.63, 3.8) is 0 Å². The average Bonchev–Trinajstić information content (AvgIpc) is 2.68. The monoisotopic (exact) mass is 393 g/mol. The molecule has 0 atom stereocenters. The van der Waals surface area contributed by atoms with Gasteiger partial charge in [0, 0.05) is 44.1 Å². The lowest BCUT2D eigenvalue weighted by atomic mass is 10.1. The zero-order valence-corrected chi connectivity index (χ0v) is 15.8. The second kappa shape index (κ2) is 8.08. The first kappa shape index (κ1) is 20.0. The molecule has 1 aliphatic rings. The van der Waals surface area contributed by atoms with E-state index in [9.17, 15) is 18.0 Å². The number of anilines is 1. The summed E-state index contributed by atoms with van der Waals surface area (Å²) < 4.78 is 41.1. The molecule has 3 rings (SSSR count). The van der Waals surface area contributed by atoms with Gasteiger partial charge in [-0.25, -0.2) is 4.98 Å². The number of rotatable bonds is 4. The van der Waals surface area contributed by atoms with Crippen LogP contribution in [0.3, 0.4) is 0 Å². The number of carbonyl (C=O) groups is 1. The van der Waals surface area contributed by atoms with Gasteiger partial charge >= 0.3 is 6.18 Å². The molecule has 0 saturated carbocycles. The van der Waals surface area contributed by atoms with Gasteiger partial charge in [0.25, 0.3) is 5.91 Å². The highest BCUT2D eigenvalue weighted by atomic mass is 19.4. The summed E-state index contributed by atoms with van der Waals surface area (Å²) in [7, 11) is 0. The molecule has 0 radical (unpaired) electrons. The van der Waals surface area contributed by atoms with Crippen molar-refractivity contribution in [2.45, 2.75) is 20.0 Å². The Morgan fingerprint density at radius 3 is 2.43 bits per heavy atom. The lowest BCUT2D eigenvalue weighted by Gasteiger charge is -2.37. The Kier molecular flexibility index (Phi) is 5.76. The maximum absolute atomic E-state index is 12.6. The van der Waals surface area contributed by atoms with E-state index in [2.05, 4.69) is 40.6 Å². The van der Waals surface area contributed by atoms with Crippen LogP contribution in [0.5, 0.6) is 5.88 Å². The van der Waals surface area contributed by atoms with Gasteiger partial charge in [0.15, 0.2) is 6.61 Å². The molecule has 0 N–H and O–H groups in total. The summed E-state index contributed by atoms with van der Waals surface area (Å²) in [5.41, 5.74) is 3.98. The zero-order valence-electron chi connectivity index (χ0n) is 15.8. The molecule has 1 aromatic heterocycles. The average molecular weight is 393 g/mol. The molecule has 2 aromatic rings. The molecule has 1 fully saturated rings. The number of alkyl halides is 3. The van der Waals surface area contributed by atoms with Crippen molar-refractivity contribution in [3.8, 4) is 5.88 Å². The van der Waals surface area contributed by atoms with Crippen LogP contribution in [-0.2, 0) is 0 Å². The normalized spacial score (nSPS) is 14.9. The van der Waals surface area contributed by atoms with E-state index in [-0.39, 0.29) is 11.8 Å². The smallest absolute Gasteiger partial charge is 0.422 e. The maximum Gasteiger partial charge on any atom is 0.422 e. The van der Waals surface area contributed by atoms with Crippen LogP contribution in [0.25, 0.3) is 0 Å².